The van der Waals surface area contributed by atoms with Gasteiger partial charge in [-0.15, -0.1) is 0 Å². The quantitative estimate of drug-likeness (QED) is 0.888. The molecule has 2 rings (SSSR count). The van der Waals surface area contributed by atoms with E-state index in [1.54, 1.807) is 6.92 Å². The largest absolute Gasteiger partial charge is 0.394 e. The molecule has 0 saturated heterocycles. The van der Waals surface area contributed by atoms with E-state index >= 15 is 0 Å². The van der Waals surface area contributed by atoms with Crippen LogP contribution in [0.3, 0.4) is 0 Å². The molecule has 2 aromatic carbocycles. The van der Waals surface area contributed by atoms with Crippen molar-refractivity contribution < 1.29 is 14.3 Å². The Hall–Kier alpha value is -1.72. The molecule has 0 aromatic heterocycles. The van der Waals surface area contributed by atoms with Crippen LogP contribution in [0.25, 0.3) is 0 Å². The highest BCUT2D eigenvalue weighted by molar-refractivity contribution is 9.10. The van der Waals surface area contributed by atoms with Gasteiger partial charge >= 0.3 is 0 Å². The predicted octanol–water partition coefficient (Wildman–Crippen LogP) is 3.23. The van der Waals surface area contributed by atoms with Gasteiger partial charge in [-0.1, -0.05) is 30.3 Å². The molecule has 0 spiro atoms. The van der Waals surface area contributed by atoms with Gasteiger partial charge in [0.2, 0.25) is 0 Å². The Morgan fingerprint density at radius 3 is 2.52 bits per heavy atom. The van der Waals surface area contributed by atoms with E-state index in [-0.39, 0.29) is 12.5 Å². The summed E-state index contributed by atoms with van der Waals surface area (Å²) in [6.07, 6.45) is 0. The van der Waals surface area contributed by atoms with E-state index in [0.717, 1.165) is 5.56 Å². The summed E-state index contributed by atoms with van der Waals surface area (Å²) in [6.45, 7) is 1.49. The zero-order valence-corrected chi connectivity index (χ0v) is 13.0. The molecule has 0 fully saturated rings. The van der Waals surface area contributed by atoms with Crippen LogP contribution in [0.4, 0.5) is 4.39 Å². The summed E-state index contributed by atoms with van der Waals surface area (Å²) < 4.78 is 13.4. The molecule has 0 radical (unpaired) electrons. The number of aliphatic hydroxyl groups excluding tert-OH is 1. The molecule has 0 aliphatic heterocycles. The molecule has 3 nitrogen and oxygen atoms in total. The monoisotopic (exact) mass is 351 g/mol. The van der Waals surface area contributed by atoms with Crippen LogP contribution >= 0.6 is 15.9 Å². The van der Waals surface area contributed by atoms with Gasteiger partial charge in [-0.3, -0.25) is 4.79 Å². The SMILES string of the molecule is CC(CO)(NC(=O)c1ccc(F)cc1Br)c1ccccc1. The average Bonchev–Trinajstić information content (AvgIpc) is 2.47. The predicted molar refractivity (Wildman–Crippen MR) is 82.4 cm³/mol. The van der Waals surface area contributed by atoms with Gasteiger partial charge in [0.15, 0.2) is 0 Å². The molecule has 110 valence electrons. The summed E-state index contributed by atoms with van der Waals surface area (Å²) in [5.41, 5.74) is 0.192. The van der Waals surface area contributed by atoms with Crippen LogP contribution < -0.4 is 5.32 Å². The standard InChI is InChI=1S/C16H15BrFNO2/c1-16(10-20,11-5-3-2-4-6-11)19-15(21)13-8-7-12(18)9-14(13)17/h2-9,20H,10H2,1H3,(H,19,21). The molecule has 0 saturated carbocycles. The van der Waals surface area contributed by atoms with E-state index in [1.165, 1.54) is 18.2 Å². The van der Waals surface area contributed by atoms with Gasteiger partial charge in [-0.2, -0.15) is 0 Å². The maximum Gasteiger partial charge on any atom is 0.253 e. The molecule has 2 aromatic rings. The number of amides is 1. The van der Waals surface area contributed by atoms with Crippen molar-refractivity contribution in [2.75, 3.05) is 6.61 Å². The van der Waals surface area contributed by atoms with E-state index in [0.29, 0.717) is 10.0 Å². The van der Waals surface area contributed by atoms with Crippen LogP contribution in [-0.4, -0.2) is 17.6 Å². The van der Waals surface area contributed by atoms with Crippen LogP contribution in [-0.2, 0) is 5.54 Å². The molecule has 1 unspecified atom stereocenters. The first kappa shape index (κ1) is 15.7. The number of halogens is 2. The van der Waals surface area contributed by atoms with E-state index < -0.39 is 11.4 Å². The Bertz CT molecular complexity index is 648. The highest BCUT2D eigenvalue weighted by atomic mass is 79.9. The van der Waals surface area contributed by atoms with Crippen molar-refractivity contribution in [1.82, 2.24) is 5.32 Å². The van der Waals surface area contributed by atoms with Crippen molar-refractivity contribution in [1.29, 1.82) is 0 Å². The van der Waals surface area contributed by atoms with Crippen molar-refractivity contribution in [2.24, 2.45) is 0 Å². The first-order chi connectivity index (χ1) is 9.96. The number of carbonyl (C=O) groups excluding carboxylic acids is 1. The maximum absolute atomic E-state index is 13.1. The lowest BCUT2D eigenvalue weighted by Gasteiger charge is -2.29. The van der Waals surface area contributed by atoms with E-state index in [2.05, 4.69) is 21.2 Å². The number of carbonyl (C=O) groups is 1. The zero-order chi connectivity index (χ0) is 15.5. The maximum atomic E-state index is 13.1. The Labute approximate surface area is 130 Å². The molecule has 0 bridgehead atoms. The van der Waals surface area contributed by atoms with Gasteiger partial charge in [0, 0.05) is 4.47 Å². The molecule has 5 heteroatoms. The first-order valence-corrected chi connectivity index (χ1v) is 7.19. The zero-order valence-electron chi connectivity index (χ0n) is 11.4. The molecule has 0 aliphatic rings. The molecule has 2 N–H and O–H groups in total. The van der Waals surface area contributed by atoms with Crippen LogP contribution in [0.2, 0.25) is 0 Å². The minimum Gasteiger partial charge on any atom is -0.394 e. The third-order valence-corrected chi connectivity index (χ3v) is 3.95. The minimum absolute atomic E-state index is 0.248. The van der Waals surface area contributed by atoms with Crippen LogP contribution in [0, 0.1) is 5.82 Å². The normalized spacial score (nSPS) is 13.5. The van der Waals surface area contributed by atoms with Crippen molar-refractivity contribution in [3.63, 3.8) is 0 Å². The van der Waals surface area contributed by atoms with Gasteiger partial charge in [0.05, 0.1) is 17.7 Å². The molecule has 0 aliphatic carbocycles. The second-order valence-corrected chi connectivity index (χ2v) is 5.79. The summed E-state index contributed by atoms with van der Waals surface area (Å²) in [6, 6.07) is 13.0. The number of benzene rings is 2. The minimum atomic E-state index is -0.911. The Kier molecular flexibility index (Phi) is 4.75. The Balaban J connectivity index is 2.28. The van der Waals surface area contributed by atoms with E-state index in [1.807, 2.05) is 30.3 Å². The highest BCUT2D eigenvalue weighted by Crippen LogP contribution is 2.23. The van der Waals surface area contributed by atoms with Crippen molar-refractivity contribution in [2.45, 2.75) is 12.5 Å². The molecular weight excluding hydrogens is 337 g/mol. The summed E-state index contributed by atoms with van der Waals surface area (Å²) in [5, 5.41) is 12.5. The number of hydrogen-bond acceptors (Lipinski definition) is 2. The Morgan fingerprint density at radius 1 is 1.29 bits per heavy atom. The molecule has 1 amide bonds. The third kappa shape index (κ3) is 3.49. The number of aliphatic hydroxyl groups is 1. The van der Waals surface area contributed by atoms with Gasteiger partial charge in [0.1, 0.15) is 5.82 Å². The van der Waals surface area contributed by atoms with E-state index in [9.17, 15) is 14.3 Å². The van der Waals surface area contributed by atoms with Crippen molar-refractivity contribution in [3.8, 4) is 0 Å². The lowest BCUT2D eigenvalue weighted by atomic mass is 9.92. The van der Waals surface area contributed by atoms with Gasteiger partial charge in [-0.25, -0.2) is 4.39 Å². The fourth-order valence-corrected chi connectivity index (χ4v) is 2.53. The molecule has 0 heterocycles. The first-order valence-electron chi connectivity index (χ1n) is 6.40. The topological polar surface area (TPSA) is 49.3 Å². The van der Waals surface area contributed by atoms with E-state index in [4.69, 9.17) is 0 Å². The lowest BCUT2D eigenvalue weighted by Crippen LogP contribution is -2.46. The van der Waals surface area contributed by atoms with Crippen LogP contribution in [0.15, 0.2) is 53.0 Å². The van der Waals surface area contributed by atoms with Gasteiger partial charge in [0.25, 0.3) is 5.91 Å². The highest BCUT2D eigenvalue weighted by Gasteiger charge is 2.28. The summed E-state index contributed by atoms with van der Waals surface area (Å²) in [5.74, 6) is -0.811. The fraction of sp³-hybridized carbons (Fsp3) is 0.188. The number of nitrogens with one attached hydrogen (secondary N) is 1. The van der Waals surface area contributed by atoms with Gasteiger partial charge in [-0.05, 0) is 46.6 Å². The lowest BCUT2D eigenvalue weighted by molar-refractivity contribution is 0.0849. The second kappa shape index (κ2) is 6.37. The number of hydrogen-bond donors (Lipinski definition) is 2. The van der Waals surface area contributed by atoms with Crippen molar-refractivity contribution in [3.05, 3.63) is 69.9 Å². The summed E-state index contributed by atoms with van der Waals surface area (Å²) in [4.78, 5) is 12.3. The molecule has 1 atom stereocenters. The summed E-state index contributed by atoms with van der Waals surface area (Å²) >= 11 is 3.17. The van der Waals surface area contributed by atoms with Crippen LogP contribution in [0.5, 0.6) is 0 Å². The molecule has 21 heavy (non-hydrogen) atoms. The third-order valence-electron chi connectivity index (χ3n) is 3.29. The second-order valence-electron chi connectivity index (χ2n) is 4.93. The Morgan fingerprint density at radius 2 is 1.95 bits per heavy atom. The summed E-state index contributed by atoms with van der Waals surface area (Å²) in [7, 11) is 0. The van der Waals surface area contributed by atoms with Crippen LogP contribution in [0.1, 0.15) is 22.8 Å². The average molecular weight is 352 g/mol. The van der Waals surface area contributed by atoms with Crippen molar-refractivity contribution >= 4 is 21.8 Å². The van der Waals surface area contributed by atoms with Gasteiger partial charge < -0.3 is 10.4 Å². The smallest absolute Gasteiger partial charge is 0.253 e. The molecular formula is C16H15BrFNO2. The number of rotatable bonds is 4. The fourth-order valence-electron chi connectivity index (χ4n) is 2.00.